The smallest absolute Gasteiger partial charge is 0.306 e. The minimum absolute atomic E-state index is 0.0109. The van der Waals surface area contributed by atoms with Gasteiger partial charge in [0, 0.05) is 25.8 Å². The topological polar surface area (TPSA) is 76.9 Å². The summed E-state index contributed by atoms with van der Waals surface area (Å²) in [7, 11) is -3.53. The van der Waals surface area contributed by atoms with E-state index in [1.54, 1.807) is 29.2 Å². The zero-order chi connectivity index (χ0) is 17.6. The van der Waals surface area contributed by atoms with E-state index in [-0.39, 0.29) is 17.6 Å². The third-order valence-corrected chi connectivity index (χ3v) is 4.83. The highest BCUT2D eigenvalue weighted by Crippen LogP contribution is 2.20. The second kappa shape index (κ2) is 8.48. The molecule has 1 aromatic carbocycles. The molecule has 0 aromatic heterocycles. The number of likely N-dealkylation sites (tertiary alicyclic amines) is 1. The Labute approximate surface area is 144 Å². The minimum Gasteiger partial charge on any atom is -0.383 e. The molecule has 2 N–H and O–H groups in total. The van der Waals surface area contributed by atoms with E-state index in [1.807, 2.05) is 6.92 Å². The normalized spacial score (nSPS) is 16.8. The third kappa shape index (κ3) is 6.13. The molecule has 1 aliphatic heterocycles. The number of hydrogen-bond donors (Lipinski definition) is 2. The van der Waals surface area contributed by atoms with Crippen LogP contribution in [0.3, 0.4) is 0 Å². The molecule has 1 fully saturated rings. The molecule has 0 unspecified atom stereocenters. The summed E-state index contributed by atoms with van der Waals surface area (Å²) in [6.07, 6.45) is 4.63. The second-order valence-electron chi connectivity index (χ2n) is 6.43. The van der Waals surface area contributed by atoms with Crippen molar-refractivity contribution in [2.75, 3.05) is 32.4 Å². The number of nitrogens with one attached hydrogen (secondary N) is 2. The lowest BCUT2D eigenvalue weighted by atomic mass is 10.0. The number of benzene rings is 1. The minimum atomic E-state index is -3.53. The van der Waals surface area contributed by atoms with Gasteiger partial charge < -0.3 is 14.4 Å². The van der Waals surface area contributed by atoms with Crippen LogP contribution in [-0.2, 0) is 14.9 Å². The molecule has 1 aromatic rings. The van der Waals surface area contributed by atoms with Crippen molar-refractivity contribution in [3.63, 3.8) is 0 Å². The van der Waals surface area contributed by atoms with Crippen molar-refractivity contribution >= 4 is 16.0 Å². The summed E-state index contributed by atoms with van der Waals surface area (Å²) in [6.45, 7) is 6.17. The van der Waals surface area contributed by atoms with Crippen molar-refractivity contribution in [1.82, 2.24) is 5.32 Å². The first kappa shape index (κ1) is 18.7. The van der Waals surface area contributed by atoms with Crippen LogP contribution < -0.4 is 14.4 Å². The zero-order valence-electron chi connectivity index (χ0n) is 14.4. The first-order valence-electron chi connectivity index (χ1n) is 8.46. The van der Waals surface area contributed by atoms with Crippen molar-refractivity contribution in [3.05, 3.63) is 29.8 Å². The van der Waals surface area contributed by atoms with Gasteiger partial charge in [0.15, 0.2) is 0 Å². The summed E-state index contributed by atoms with van der Waals surface area (Å²) in [5.41, 5.74) is 0.832. The van der Waals surface area contributed by atoms with Crippen LogP contribution in [-0.4, -0.2) is 46.8 Å². The zero-order valence-corrected chi connectivity index (χ0v) is 15.2. The van der Waals surface area contributed by atoms with E-state index in [4.69, 9.17) is 4.18 Å². The van der Waals surface area contributed by atoms with Crippen molar-refractivity contribution in [2.24, 2.45) is 0 Å². The van der Waals surface area contributed by atoms with E-state index in [9.17, 15) is 13.2 Å². The van der Waals surface area contributed by atoms with E-state index in [2.05, 4.69) is 5.32 Å². The fourth-order valence-electron chi connectivity index (χ4n) is 2.97. The predicted molar refractivity (Wildman–Crippen MR) is 92.8 cm³/mol. The molecule has 134 valence electrons. The molecule has 1 atom stereocenters. The van der Waals surface area contributed by atoms with Crippen molar-refractivity contribution in [3.8, 4) is 5.75 Å². The van der Waals surface area contributed by atoms with Crippen LogP contribution in [0.5, 0.6) is 5.75 Å². The molecule has 0 radical (unpaired) electrons. The lowest BCUT2D eigenvalue weighted by Gasteiger charge is -2.15. The average Bonchev–Trinajstić information content (AvgIpc) is 3.03. The quantitative estimate of drug-likeness (QED) is 0.520. The van der Waals surface area contributed by atoms with Crippen LogP contribution in [0, 0.1) is 0 Å². The number of amides is 1. The Kier molecular flexibility index (Phi) is 6.62. The van der Waals surface area contributed by atoms with Gasteiger partial charge in [-0.25, -0.2) is 0 Å². The standard InChI is InChI=1S/C17H26N2O4S/c1-14(15-6-8-16(9-7-15)23-24(2,21)22)17(20)18-10-5-13-19-11-3-4-12-19/h6-9,14H,3-5,10-13H2,1-2H3,(H,18,20)/p+1/t14-/m1/s1. The van der Waals surface area contributed by atoms with E-state index in [0.717, 1.165) is 24.8 Å². The number of quaternary nitrogens is 1. The van der Waals surface area contributed by atoms with Crippen molar-refractivity contribution in [1.29, 1.82) is 0 Å². The fraction of sp³-hybridized carbons (Fsp3) is 0.588. The van der Waals surface area contributed by atoms with Gasteiger partial charge in [0.25, 0.3) is 0 Å². The molecular weight excluding hydrogens is 328 g/mol. The largest absolute Gasteiger partial charge is 0.383 e. The summed E-state index contributed by atoms with van der Waals surface area (Å²) >= 11 is 0. The number of hydrogen-bond acceptors (Lipinski definition) is 4. The van der Waals surface area contributed by atoms with Gasteiger partial charge in [-0.1, -0.05) is 12.1 Å². The molecule has 2 rings (SSSR count). The highest BCUT2D eigenvalue weighted by Gasteiger charge is 2.17. The fourth-order valence-corrected chi connectivity index (χ4v) is 3.43. The lowest BCUT2D eigenvalue weighted by Crippen LogP contribution is -3.10. The Balaban J connectivity index is 1.77. The van der Waals surface area contributed by atoms with Crippen LogP contribution >= 0.6 is 0 Å². The van der Waals surface area contributed by atoms with Crippen LogP contribution in [0.2, 0.25) is 0 Å². The van der Waals surface area contributed by atoms with Gasteiger partial charge in [-0.15, -0.1) is 0 Å². The predicted octanol–water partition coefficient (Wildman–Crippen LogP) is 0.314. The summed E-state index contributed by atoms with van der Waals surface area (Å²) < 4.78 is 27.0. The van der Waals surface area contributed by atoms with E-state index < -0.39 is 10.1 Å². The summed E-state index contributed by atoms with van der Waals surface area (Å²) in [4.78, 5) is 13.8. The highest BCUT2D eigenvalue weighted by molar-refractivity contribution is 7.86. The molecule has 0 saturated carbocycles. The van der Waals surface area contributed by atoms with Crippen LogP contribution in [0.15, 0.2) is 24.3 Å². The molecule has 7 heteroatoms. The van der Waals surface area contributed by atoms with E-state index in [1.165, 1.54) is 25.9 Å². The van der Waals surface area contributed by atoms with Crippen LogP contribution in [0.4, 0.5) is 0 Å². The number of carbonyl (C=O) groups is 1. The van der Waals surface area contributed by atoms with Gasteiger partial charge in [-0.3, -0.25) is 4.79 Å². The molecule has 1 heterocycles. The number of carbonyl (C=O) groups excluding carboxylic acids is 1. The maximum absolute atomic E-state index is 12.2. The molecule has 6 nitrogen and oxygen atoms in total. The van der Waals surface area contributed by atoms with E-state index in [0.29, 0.717) is 6.54 Å². The summed E-state index contributed by atoms with van der Waals surface area (Å²) in [5.74, 6) is -0.0398. The maximum atomic E-state index is 12.2. The van der Waals surface area contributed by atoms with Crippen molar-refractivity contribution < 1.29 is 22.3 Å². The van der Waals surface area contributed by atoms with Gasteiger partial charge >= 0.3 is 10.1 Å². The van der Waals surface area contributed by atoms with Gasteiger partial charge in [-0.05, 0) is 24.6 Å². The van der Waals surface area contributed by atoms with Gasteiger partial charge in [0.2, 0.25) is 5.91 Å². The van der Waals surface area contributed by atoms with Crippen molar-refractivity contribution in [2.45, 2.75) is 32.1 Å². The molecule has 24 heavy (non-hydrogen) atoms. The molecule has 0 spiro atoms. The average molecular weight is 355 g/mol. The van der Waals surface area contributed by atoms with Gasteiger partial charge in [0.05, 0.1) is 31.8 Å². The Bertz CT molecular complexity index is 637. The Morgan fingerprint density at radius 1 is 1.25 bits per heavy atom. The molecule has 0 aliphatic carbocycles. The Morgan fingerprint density at radius 2 is 1.88 bits per heavy atom. The van der Waals surface area contributed by atoms with Gasteiger partial charge in [-0.2, -0.15) is 8.42 Å². The molecule has 1 saturated heterocycles. The molecular formula is C17H27N2O4S+. The Hall–Kier alpha value is -1.60. The third-order valence-electron chi connectivity index (χ3n) is 4.34. The van der Waals surface area contributed by atoms with E-state index >= 15 is 0 Å². The molecule has 0 bridgehead atoms. The van der Waals surface area contributed by atoms with Gasteiger partial charge in [0.1, 0.15) is 5.75 Å². The summed E-state index contributed by atoms with van der Waals surface area (Å²) in [5, 5.41) is 2.98. The highest BCUT2D eigenvalue weighted by atomic mass is 32.2. The Morgan fingerprint density at radius 3 is 2.46 bits per heavy atom. The first-order valence-corrected chi connectivity index (χ1v) is 10.3. The number of rotatable bonds is 8. The molecule has 1 aliphatic rings. The summed E-state index contributed by atoms with van der Waals surface area (Å²) in [6, 6.07) is 6.58. The molecule has 1 amide bonds. The monoisotopic (exact) mass is 355 g/mol. The second-order valence-corrected chi connectivity index (χ2v) is 8.00. The SMILES string of the molecule is C[C@@H](C(=O)NCCC[NH+]1CCCC1)c1ccc(OS(C)(=O)=O)cc1. The maximum Gasteiger partial charge on any atom is 0.306 e. The van der Waals surface area contributed by atoms with Crippen LogP contribution in [0.1, 0.15) is 37.7 Å². The first-order chi connectivity index (χ1) is 11.3. The van der Waals surface area contributed by atoms with Crippen LogP contribution in [0.25, 0.3) is 0 Å². The lowest BCUT2D eigenvalue weighted by molar-refractivity contribution is -0.887.